The van der Waals surface area contributed by atoms with Gasteiger partial charge in [0.15, 0.2) is 0 Å². The first-order chi connectivity index (χ1) is 9.90. The number of carboxylic acids is 1. The van der Waals surface area contributed by atoms with E-state index < -0.39 is 5.97 Å². The third-order valence-corrected chi connectivity index (χ3v) is 6.33. The maximum absolute atomic E-state index is 12.7. The molecule has 4 nitrogen and oxygen atoms in total. The molecule has 118 valence electrons. The lowest BCUT2D eigenvalue weighted by Crippen LogP contribution is -2.51. The van der Waals surface area contributed by atoms with Gasteiger partial charge in [-0.1, -0.05) is 26.7 Å². The molecule has 0 spiro atoms. The monoisotopic (exact) mass is 293 g/mol. The minimum atomic E-state index is -0.726. The number of hydrogen-bond donors (Lipinski definition) is 2. The minimum absolute atomic E-state index is 0.0403. The van der Waals surface area contributed by atoms with Gasteiger partial charge in [-0.2, -0.15) is 0 Å². The molecular weight excluding hydrogens is 266 g/mol. The van der Waals surface area contributed by atoms with E-state index in [-0.39, 0.29) is 35.1 Å². The van der Waals surface area contributed by atoms with Crippen molar-refractivity contribution in [3.63, 3.8) is 0 Å². The van der Waals surface area contributed by atoms with Crippen LogP contribution in [0.4, 0.5) is 0 Å². The van der Waals surface area contributed by atoms with Crippen LogP contribution >= 0.6 is 0 Å². The van der Waals surface area contributed by atoms with Crippen molar-refractivity contribution in [2.75, 3.05) is 0 Å². The molecule has 3 saturated carbocycles. The van der Waals surface area contributed by atoms with Crippen LogP contribution in [0.25, 0.3) is 0 Å². The molecule has 0 aromatic heterocycles. The number of aliphatic carboxylic acids is 1. The molecule has 21 heavy (non-hydrogen) atoms. The van der Waals surface area contributed by atoms with Crippen LogP contribution in [0.15, 0.2) is 0 Å². The number of hydrogen-bond acceptors (Lipinski definition) is 2. The largest absolute Gasteiger partial charge is 0.481 e. The third kappa shape index (κ3) is 2.58. The zero-order valence-corrected chi connectivity index (χ0v) is 13.1. The molecule has 0 radical (unpaired) electrons. The molecule has 3 rings (SSSR count). The molecule has 3 aliphatic carbocycles. The van der Waals surface area contributed by atoms with E-state index in [9.17, 15) is 14.7 Å². The predicted octanol–water partition coefficient (Wildman–Crippen LogP) is 2.82. The second-order valence-electron chi connectivity index (χ2n) is 8.02. The predicted molar refractivity (Wildman–Crippen MR) is 79.6 cm³/mol. The first-order valence-electron chi connectivity index (χ1n) is 8.43. The summed E-state index contributed by atoms with van der Waals surface area (Å²) in [4.78, 5) is 24.2. The van der Waals surface area contributed by atoms with E-state index in [2.05, 4.69) is 19.2 Å². The van der Waals surface area contributed by atoms with E-state index in [1.54, 1.807) is 0 Å². The fourth-order valence-electron chi connectivity index (χ4n) is 5.10. The van der Waals surface area contributed by atoms with Gasteiger partial charge in [0.05, 0.1) is 5.92 Å². The third-order valence-electron chi connectivity index (χ3n) is 6.33. The number of rotatable bonds is 3. The Morgan fingerprint density at radius 1 is 1.10 bits per heavy atom. The second-order valence-corrected chi connectivity index (χ2v) is 8.02. The SMILES string of the molecule is CC1(C)CCCCC1C(=O)NC1C2CCC(C2)C1C(=O)O. The van der Waals surface area contributed by atoms with Gasteiger partial charge < -0.3 is 10.4 Å². The van der Waals surface area contributed by atoms with Crippen molar-refractivity contribution in [1.29, 1.82) is 0 Å². The summed E-state index contributed by atoms with van der Waals surface area (Å²) in [6, 6.07) is -0.133. The van der Waals surface area contributed by atoms with E-state index >= 15 is 0 Å². The fourth-order valence-corrected chi connectivity index (χ4v) is 5.10. The quantitative estimate of drug-likeness (QED) is 0.841. The summed E-state index contributed by atoms with van der Waals surface area (Å²) in [7, 11) is 0. The molecule has 3 aliphatic rings. The maximum Gasteiger partial charge on any atom is 0.308 e. The summed E-state index contributed by atoms with van der Waals surface area (Å²) in [5, 5.41) is 12.6. The number of carbonyl (C=O) groups excluding carboxylic acids is 1. The molecule has 2 N–H and O–H groups in total. The Balaban J connectivity index is 1.70. The maximum atomic E-state index is 12.7. The molecule has 3 fully saturated rings. The molecular formula is C17H27NO3. The van der Waals surface area contributed by atoms with Crippen LogP contribution in [0.2, 0.25) is 0 Å². The molecule has 5 atom stereocenters. The Bertz CT molecular complexity index is 445. The van der Waals surface area contributed by atoms with Crippen molar-refractivity contribution in [2.24, 2.45) is 29.1 Å². The normalized spacial score (nSPS) is 41.0. The Labute approximate surface area is 126 Å². The van der Waals surface area contributed by atoms with Crippen molar-refractivity contribution < 1.29 is 14.7 Å². The van der Waals surface area contributed by atoms with E-state index in [4.69, 9.17) is 0 Å². The molecule has 0 saturated heterocycles. The average Bonchev–Trinajstić information content (AvgIpc) is 2.98. The Hall–Kier alpha value is -1.06. The van der Waals surface area contributed by atoms with Gasteiger partial charge in [-0.05, 0) is 49.4 Å². The molecule has 4 heteroatoms. The Kier molecular flexibility index (Phi) is 3.74. The van der Waals surface area contributed by atoms with Gasteiger partial charge in [-0.3, -0.25) is 9.59 Å². The van der Waals surface area contributed by atoms with Crippen LogP contribution < -0.4 is 5.32 Å². The van der Waals surface area contributed by atoms with Crippen LogP contribution in [-0.2, 0) is 9.59 Å². The number of amides is 1. The summed E-state index contributed by atoms with van der Waals surface area (Å²) >= 11 is 0. The highest BCUT2D eigenvalue weighted by atomic mass is 16.4. The van der Waals surface area contributed by atoms with Crippen LogP contribution in [-0.4, -0.2) is 23.0 Å². The number of carboxylic acid groups (broad SMARTS) is 1. The highest BCUT2D eigenvalue weighted by Crippen LogP contribution is 2.49. The van der Waals surface area contributed by atoms with Gasteiger partial charge in [-0.15, -0.1) is 0 Å². The van der Waals surface area contributed by atoms with Crippen molar-refractivity contribution >= 4 is 11.9 Å². The van der Waals surface area contributed by atoms with Crippen molar-refractivity contribution in [3.05, 3.63) is 0 Å². The molecule has 0 aliphatic heterocycles. The summed E-state index contributed by atoms with van der Waals surface area (Å²) in [6.07, 6.45) is 7.41. The van der Waals surface area contributed by atoms with Gasteiger partial charge in [0.25, 0.3) is 0 Å². The summed E-state index contributed by atoms with van der Waals surface area (Å²) in [5.74, 6) is -0.290. The van der Waals surface area contributed by atoms with Crippen molar-refractivity contribution in [2.45, 2.75) is 64.8 Å². The Morgan fingerprint density at radius 2 is 1.81 bits per heavy atom. The molecule has 0 heterocycles. The number of nitrogens with one attached hydrogen (secondary N) is 1. The van der Waals surface area contributed by atoms with Gasteiger partial charge in [0.2, 0.25) is 5.91 Å². The summed E-state index contributed by atoms with van der Waals surface area (Å²) < 4.78 is 0. The summed E-state index contributed by atoms with van der Waals surface area (Å²) in [5.41, 5.74) is 0.0403. The van der Waals surface area contributed by atoms with Crippen molar-refractivity contribution in [1.82, 2.24) is 5.32 Å². The first-order valence-corrected chi connectivity index (χ1v) is 8.43. The van der Waals surface area contributed by atoms with E-state index in [0.29, 0.717) is 5.92 Å². The molecule has 5 unspecified atom stereocenters. The Morgan fingerprint density at radius 3 is 2.48 bits per heavy atom. The lowest BCUT2D eigenvalue weighted by Gasteiger charge is -2.39. The van der Waals surface area contributed by atoms with Crippen LogP contribution in [0.5, 0.6) is 0 Å². The topological polar surface area (TPSA) is 66.4 Å². The lowest BCUT2D eigenvalue weighted by molar-refractivity contribution is -0.145. The van der Waals surface area contributed by atoms with E-state index in [1.807, 2.05) is 0 Å². The molecule has 1 amide bonds. The first kappa shape index (κ1) is 14.9. The smallest absolute Gasteiger partial charge is 0.308 e. The van der Waals surface area contributed by atoms with Crippen molar-refractivity contribution in [3.8, 4) is 0 Å². The van der Waals surface area contributed by atoms with Crippen LogP contribution in [0, 0.1) is 29.1 Å². The van der Waals surface area contributed by atoms with Crippen LogP contribution in [0.3, 0.4) is 0 Å². The van der Waals surface area contributed by atoms with Gasteiger partial charge >= 0.3 is 5.97 Å². The molecule has 0 aromatic carbocycles. The fraction of sp³-hybridized carbons (Fsp3) is 0.882. The van der Waals surface area contributed by atoms with Gasteiger partial charge in [0, 0.05) is 12.0 Å². The highest BCUT2D eigenvalue weighted by Gasteiger charge is 2.52. The lowest BCUT2D eigenvalue weighted by atomic mass is 9.68. The average molecular weight is 293 g/mol. The molecule has 2 bridgehead atoms. The van der Waals surface area contributed by atoms with E-state index in [1.165, 1.54) is 6.42 Å². The zero-order chi connectivity index (χ0) is 15.2. The highest BCUT2D eigenvalue weighted by molar-refractivity contribution is 5.81. The van der Waals surface area contributed by atoms with Crippen LogP contribution in [0.1, 0.15) is 58.8 Å². The number of carbonyl (C=O) groups is 2. The minimum Gasteiger partial charge on any atom is -0.481 e. The second kappa shape index (κ2) is 5.29. The van der Waals surface area contributed by atoms with Gasteiger partial charge in [-0.25, -0.2) is 0 Å². The standard InChI is InChI=1S/C17H27NO3/c1-17(2)8-4-3-5-12(17)15(19)18-14-11-7-6-10(9-11)13(14)16(20)21/h10-14H,3-9H2,1-2H3,(H,18,19)(H,20,21). The molecule has 0 aromatic rings. The zero-order valence-electron chi connectivity index (χ0n) is 13.1. The summed E-state index contributed by atoms with van der Waals surface area (Å²) in [6.45, 7) is 4.35. The van der Waals surface area contributed by atoms with E-state index in [0.717, 1.165) is 38.5 Å². The van der Waals surface area contributed by atoms with Gasteiger partial charge in [0.1, 0.15) is 0 Å². The number of fused-ring (bicyclic) bond motifs is 2.